The highest BCUT2D eigenvalue weighted by Gasteiger charge is 2.19. The molecule has 0 unspecified atom stereocenters. The molecule has 2 amide bonds. The van der Waals surface area contributed by atoms with Gasteiger partial charge in [-0.05, 0) is 50.4 Å². The van der Waals surface area contributed by atoms with Crippen LogP contribution < -0.4 is 15.5 Å². The van der Waals surface area contributed by atoms with Gasteiger partial charge in [0, 0.05) is 37.6 Å². The Morgan fingerprint density at radius 2 is 1.53 bits per heavy atom. The number of esters is 1. The lowest BCUT2D eigenvalue weighted by Gasteiger charge is -2.34. The Bertz CT molecular complexity index is 906. The zero-order valence-electron chi connectivity index (χ0n) is 17.2. The molecule has 30 heavy (non-hydrogen) atoms. The fourth-order valence-corrected chi connectivity index (χ4v) is 3.17. The van der Waals surface area contributed by atoms with Crippen LogP contribution in [0, 0.1) is 0 Å². The van der Waals surface area contributed by atoms with Gasteiger partial charge in [-0.3, -0.25) is 9.59 Å². The number of carbonyl (C=O) groups is 3. The van der Waals surface area contributed by atoms with Crippen molar-refractivity contribution in [3.05, 3.63) is 54.1 Å². The van der Waals surface area contributed by atoms with Crippen LogP contribution >= 0.6 is 0 Å². The van der Waals surface area contributed by atoms with Crippen LogP contribution in [0.15, 0.2) is 48.5 Å². The van der Waals surface area contributed by atoms with Crippen molar-refractivity contribution >= 4 is 34.8 Å². The summed E-state index contributed by atoms with van der Waals surface area (Å²) in [4.78, 5) is 41.2. The number of para-hydroxylation sites is 1. The summed E-state index contributed by atoms with van der Waals surface area (Å²) < 4.78 is 4.98. The molecule has 0 bridgehead atoms. The molecule has 1 fully saturated rings. The van der Waals surface area contributed by atoms with Crippen LogP contribution in [0.2, 0.25) is 0 Å². The van der Waals surface area contributed by atoms with Gasteiger partial charge >= 0.3 is 17.8 Å². The zero-order valence-corrected chi connectivity index (χ0v) is 17.2. The molecular formula is C22H26N4O4. The zero-order chi connectivity index (χ0) is 21.5. The first kappa shape index (κ1) is 21.3. The standard InChI is InChI=1S/C22H26N4O4/c1-3-30-22(29)18-6-4-5-7-19(18)24-21(28)20(27)23-16-8-10-17(11-9-16)26-14-12-25(2)13-15-26/h4-11H,3,12-15H2,1-2H3,(H,23,27)(H,24,28). The maximum Gasteiger partial charge on any atom is 0.340 e. The van der Waals surface area contributed by atoms with E-state index in [4.69, 9.17) is 4.74 Å². The number of rotatable bonds is 5. The lowest BCUT2D eigenvalue weighted by molar-refractivity contribution is -0.133. The van der Waals surface area contributed by atoms with Gasteiger partial charge in [-0.15, -0.1) is 0 Å². The van der Waals surface area contributed by atoms with E-state index < -0.39 is 17.8 Å². The quantitative estimate of drug-likeness (QED) is 0.580. The van der Waals surface area contributed by atoms with Gasteiger partial charge in [0.1, 0.15) is 0 Å². The fraction of sp³-hybridized carbons (Fsp3) is 0.318. The van der Waals surface area contributed by atoms with E-state index in [2.05, 4.69) is 27.5 Å². The number of hydrogen-bond donors (Lipinski definition) is 2. The average molecular weight is 410 g/mol. The average Bonchev–Trinajstić information content (AvgIpc) is 2.75. The summed E-state index contributed by atoms with van der Waals surface area (Å²) in [6.07, 6.45) is 0. The van der Waals surface area contributed by atoms with Crippen LogP contribution in [-0.4, -0.2) is 62.5 Å². The molecule has 1 aliphatic rings. The number of benzene rings is 2. The van der Waals surface area contributed by atoms with Crippen LogP contribution in [-0.2, 0) is 14.3 Å². The van der Waals surface area contributed by atoms with Gasteiger partial charge in [0.25, 0.3) is 0 Å². The molecule has 2 aromatic carbocycles. The number of amides is 2. The van der Waals surface area contributed by atoms with E-state index in [1.54, 1.807) is 37.3 Å². The molecule has 0 atom stereocenters. The smallest absolute Gasteiger partial charge is 0.340 e. The molecule has 0 aliphatic carbocycles. The summed E-state index contributed by atoms with van der Waals surface area (Å²) in [5.41, 5.74) is 2.01. The number of hydrogen-bond acceptors (Lipinski definition) is 6. The van der Waals surface area contributed by atoms with Crippen molar-refractivity contribution in [1.29, 1.82) is 0 Å². The molecule has 0 radical (unpaired) electrons. The monoisotopic (exact) mass is 410 g/mol. The van der Waals surface area contributed by atoms with Crippen LogP contribution in [0.4, 0.5) is 17.1 Å². The van der Waals surface area contributed by atoms with E-state index in [1.807, 2.05) is 12.1 Å². The number of piperazine rings is 1. The van der Waals surface area contributed by atoms with Gasteiger partial charge < -0.3 is 25.2 Å². The minimum Gasteiger partial charge on any atom is -0.462 e. The van der Waals surface area contributed by atoms with Crippen molar-refractivity contribution in [2.75, 3.05) is 55.4 Å². The third kappa shape index (κ3) is 5.36. The summed E-state index contributed by atoms with van der Waals surface area (Å²) in [5.74, 6) is -2.25. The Morgan fingerprint density at radius 1 is 0.900 bits per heavy atom. The number of carbonyl (C=O) groups excluding carboxylic acids is 3. The lowest BCUT2D eigenvalue weighted by atomic mass is 10.2. The third-order valence-electron chi connectivity index (χ3n) is 4.87. The van der Waals surface area contributed by atoms with Crippen LogP contribution in [0.5, 0.6) is 0 Å². The van der Waals surface area contributed by atoms with Gasteiger partial charge in [0.05, 0.1) is 17.9 Å². The molecule has 1 aliphatic heterocycles. The maximum absolute atomic E-state index is 12.3. The largest absolute Gasteiger partial charge is 0.462 e. The minimum absolute atomic E-state index is 0.192. The van der Waals surface area contributed by atoms with E-state index in [1.165, 1.54) is 6.07 Å². The Kier molecular flexibility index (Phi) is 7.03. The maximum atomic E-state index is 12.3. The molecule has 1 saturated heterocycles. The molecule has 8 nitrogen and oxygen atoms in total. The van der Waals surface area contributed by atoms with E-state index in [9.17, 15) is 14.4 Å². The van der Waals surface area contributed by atoms with Crippen molar-refractivity contribution in [1.82, 2.24) is 4.90 Å². The van der Waals surface area contributed by atoms with E-state index in [0.29, 0.717) is 5.69 Å². The molecule has 2 aromatic rings. The second kappa shape index (κ2) is 9.89. The first-order valence-corrected chi connectivity index (χ1v) is 9.90. The summed E-state index contributed by atoms with van der Waals surface area (Å²) in [5, 5.41) is 5.05. The SMILES string of the molecule is CCOC(=O)c1ccccc1NC(=O)C(=O)Nc1ccc(N2CCN(C)CC2)cc1. The van der Waals surface area contributed by atoms with Crippen molar-refractivity contribution in [3.8, 4) is 0 Å². The van der Waals surface area contributed by atoms with Crippen LogP contribution in [0.1, 0.15) is 17.3 Å². The summed E-state index contributed by atoms with van der Waals surface area (Å²) in [6.45, 7) is 5.82. The van der Waals surface area contributed by atoms with E-state index in [-0.39, 0.29) is 17.9 Å². The third-order valence-corrected chi connectivity index (χ3v) is 4.87. The predicted octanol–water partition coefficient (Wildman–Crippen LogP) is 2.19. The molecule has 0 spiro atoms. The fourth-order valence-electron chi connectivity index (χ4n) is 3.17. The second-order valence-electron chi connectivity index (χ2n) is 7.01. The highest BCUT2D eigenvalue weighted by Crippen LogP contribution is 2.20. The van der Waals surface area contributed by atoms with Gasteiger partial charge in [0.2, 0.25) is 0 Å². The van der Waals surface area contributed by atoms with Crippen LogP contribution in [0.25, 0.3) is 0 Å². The summed E-state index contributed by atoms with van der Waals surface area (Å²) in [7, 11) is 2.10. The number of nitrogens with zero attached hydrogens (tertiary/aromatic N) is 2. The lowest BCUT2D eigenvalue weighted by Crippen LogP contribution is -2.44. The molecule has 158 valence electrons. The van der Waals surface area contributed by atoms with Crippen LogP contribution in [0.3, 0.4) is 0 Å². The second-order valence-corrected chi connectivity index (χ2v) is 7.01. The van der Waals surface area contributed by atoms with Gasteiger partial charge in [-0.1, -0.05) is 12.1 Å². The molecule has 1 heterocycles. The topological polar surface area (TPSA) is 91.0 Å². The molecule has 3 rings (SSSR count). The minimum atomic E-state index is -0.866. The Labute approximate surface area is 175 Å². The van der Waals surface area contributed by atoms with E-state index >= 15 is 0 Å². The van der Waals surface area contributed by atoms with Gasteiger partial charge in [-0.25, -0.2) is 4.79 Å². The first-order chi connectivity index (χ1) is 14.5. The van der Waals surface area contributed by atoms with Crippen molar-refractivity contribution in [2.45, 2.75) is 6.92 Å². The molecule has 0 saturated carbocycles. The van der Waals surface area contributed by atoms with Crippen molar-refractivity contribution < 1.29 is 19.1 Å². The Hall–Kier alpha value is -3.39. The highest BCUT2D eigenvalue weighted by molar-refractivity contribution is 6.44. The molecule has 8 heteroatoms. The number of likely N-dealkylation sites (N-methyl/N-ethyl adjacent to an activating group) is 1. The molecular weight excluding hydrogens is 384 g/mol. The first-order valence-electron chi connectivity index (χ1n) is 9.90. The van der Waals surface area contributed by atoms with Gasteiger partial charge in [-0.2, -0.15) is 0 Å². The highest BCUT2D eigenvalue weighted by atomic mass is 16.5. The summed E-state index contributed by atoms with van der Waals surface area (Å²) >= 11 is 0. The number of nitrogens with one attached hydrogen (secondary N) is 2. The number of anilines is 3. The van der Waals surface area contributed by atoms with Gasteiger partial charge in [0.15, 0.2) is 0 Å². The molecule has 0 aromatic heterocycles. The Morgan fingerprint density at radius 3 is 2.20 bits per heavy atom. The predicted molar refractivity (Wildman–Crippen MR) is 116 cm³/mol. The molecule has 2 N–H and O–H groups in total. The van der Waals surface area contributed by atoms with Crippen molar-refractivity contribution in [2.24, 2.45) is 0 Å². The van der Waals surface area contributed by atoms with Crippen molar-refractivity contribution in [3.63, 3.8) is 0 Å². The van der Waals surface area contributed by atoms with E-state index in [0.717, 1.165) is 31.9 Å². The Balaban J connectivity index is 1.60. The number of ether oxygens (including phenoxy) is 1. The summed E-state index contributed by atoms with van der Waals surface area (Å²) in [6, 6.07) is 13.8. The normalized spacial score (nSPS) is 14.1.